The largest absolute Gasteiger partial charge is 0.388 e. The fourth-order valence-electron chi connectivity index (χ4n) is 4.81. The Bertz CT molecular complexity index is 1590. The normalized spacial score (nSPS) is 20.5. The number of carbonyl (C=O) groups is 1. The molecule has 1 amide bonds. The lowest BCUT2D eigenvalue weighted by atomic mass is 9.88. The molecule has 36 heavy (non-hydrogen) atoms. The van der Waals surface area contributed by atoms with Gasteiger partial charge in [-0.05, 0) is 38.0 Å². The molecule has 2 atom stereocenters. The van der Waals surface area contributed by atoms with Crippen molar-refractivity contribution in [2.24, 2.45) is 14.1 Å². The number of ether oxygens (including phenoxy) is 1. The van der Waals surface area contributed by atoms with Gasteiger partial charge in [-0.3, -0.25) is 18.7 Å². The Labute approximate surface area is 205 Å². The second-order valence-corrected chi connectivity index (χ2v) is 9.69. The van der Waals surface area contributed by atoms with Gasteiger partial charge in [0, 0.05) is 27.2 Å². The lowest BCUT2D eigenvalue weighted by molar-refractivity contribution is -0.143. The molecule has 0 saturated carbocycles. The third kappa shape index (κ3) is 4.01. The van der Waals surface area contributed by atoms with E-state index in [2.05, 4.69) is 15.0 Å². The van der Waals surface area contributed by atoms with Crippen LogP contribution in [-0.2, 0) is 30.2 Å². The number of fused-ring (bicyclic) bond motifs is 2. The number of nitrogens with zero attached hydrogens (tertiary/aromatic N) is 6. The second-order valence-electron chi connectivity index (χ2n) is 9.69. The van der Waals surface area contributed by atoms with Crippen molar-refractivity contribution in [3.63, 3.8) is 0 Å². The zero-order valence-electron chi connectivity index (χ0n) is 20.7. The van der Waals surface area contributed by atoms with Gasteiger partial charge in [-0.2, -0.15) is 0 Å². The van der Waals surface area contributed by atoms with Crippen LogP contribution in [0.2, 0.25) is 0 Å². The maximum Gasteiger partial charge on any atom is 0.332 e. The molecule has 1 aliphatic rings. The summed E-state index contributed by atoms with van der Waals surface area (Å²) in [5.41, 5.74) is 1.12. The van der Waals surface area contributed by atoms with Crippen LogP contribution in [0.1, 0.15) is 30.8 Å². The molecule has 0 bridgehead atoms. The summed E-state index contributed by atoms with van der Waals surface area (Å²) in [6.45, 7) is 4.20. The molecule has 4 aromatic rings. The van der Waals surface area contributed by atoms with Gasteiger partial charge in [0.2, 0.25) is 5.91 Å². The quantitative estimate of drug-likeness (QED) is 0.407. The summed E-state index contributed by atoms with van der Waals surface area (Å²) in [5.74, 6) is 0.404. The Morgan fingerprint density at radius 2 is 2.06 bits per heavy atom. The van der Waals surface area contributed by atoms with Gasteiger partial charge < -0.3 is 24.3 Å². The molecule has 1 saturated heterocycles. The van der Waals surface area contributed by atoms with E-state index in [1.807, 2.05) is 25.1 Å². The Morgan fingerprint density at radius 3 is 2.83 bits per heavy atom. The number of aromatic amines is 1. The predicted octanol–water partition coefficient (Wildman–Crippen LogP) is 0.360. The highest BCUT2D eigenvalue weighted by Crippen LogP contribution is 2.33. The number of piperidine rings is 1. The van der Waals surface area contributed by atoms with Gasteiger partial charge >= 0.3 is 5.69 Å². The number of amides is 1. The molecular formula is C24H29N7O5. The number of nitrogens with one attached hydrogen (secondary N) is 1. The monoisotopic (exact) mass is 495 g/mol. The highest BCUT2D eigenvalue weighted by molar-refractivity contribution is 5.78. The minimum Gasteiger partial charge on any atom is -0.388 e. The van der Waals surface area contributed by atoms with E-state index in [9.17, 15) is 19.5 Å². The van der Waals surface area contributed by atoms with E-state index >= 15 is 0 Å². The minimum absolute atomic E-state index is 0.147. The SMILES string of the molecule is Cc1ccc2nc(COCC(=O)N3CC[C@](C)(O)[C@@H](n4cnc5c4c(=O)n(C)c(=O)n5C)C3)[nH]c2c1. The molecule has 190 valence electrons. The number of benzene rings is 1. The zero-order chi connectivity index (χ0) is 25.8. The number of imidazole rings is 2. The Hall–Kier alpha value is -3.77. The van der Waals surface area contributed by atoms with E-state index in [-0.39, 0.29) is 36.8 Å². The molecular weight excluding hydrogens is 466 g/mol. The highest BCUT2D eigenvalue weighted by Gasteiger charge is 2.41. The van der Waals surface area contributed by atoms with E-state index in [4.69, 9.17) is 4.74 Å². The lowest BCUT2D eigenvalue weighted by Gasteiger charge is -2.43. The fourth-order valence-corrected chi connectivity index (χ4v) is 4.81. The van der Waals surface area contributed by atoms with E-state index in [1.165, 1.54) is 25.0 Å². The molecule has 0 radical (unpaired) electrons. The van der Waals surface area contributed by atoms with Gasteiger partial charge in [0.25, 0.3) is 5.56 Å². The van der Waals surface area contributed by atoms with Crippen LogP contribution >= 0.6 is 0 Å². The average Bonchev–Trinajstić information content (AvgIpc) is 3.45. The number of hydrogen-bond donors (Lipinski definition) is 2. The van der Waals surface area contributed by atoms with Gasteiger partial charge in [0.05, 0.1) is 29.0 Å². The Kier molecular flexibility index (Phi) is 5.80. The molecule has 12 heteroatoms. The van der Waals surface area contributed by atoms with Crippen LogP contribution in [0.3, 0.4) is 0 Å². The summed E-state index contributed by atoms with van der Waals surface area (Å²) in [7, 11) is 2.94. The van der Waals surface area contributed by atoms with Crippen molar-refractivity contribution in [2.75, 3.05) is 19.7 Å². The van der Waals surface area contributed by atoms with E-state index < -0.39 is 22.9 Å². The summed E-state index contributed by atoms with van der Waals surface area (Å²) >= 11 is 0. The van der Waals surface area contributed by atoms with Gasteiger partial charge in [-0.25, -0.2) is 14.8 Å². The summed E-state index contributed by atoms with van der Waals surface area (Å²) in [4.78, 5) is 51.7. The summed E-state index contributed by atoms with van der Waals surface area (Å²) in [5, 5.41) is 11.2. The molecule has 1 aromatic carbocycles. The van der Waals surface area contributed by atoms with Crippen molar-refractivity contribution in [2.45, 2.75) is 38.5 Å². The average molecular weight is 496 g/mol. The number of aromatic nitrogens is 6. The van der Waals surface area contributed by atoms with Crippen molar-refractivity contribution >= 4 is 28.1 Å². The molecule has 0 unspecified atom stereocenters. The third-order valence-corrected chi connectivity index (χ3v) is 7.01. The molecule has 3 aromatic heterocycles. The van der Waals surface area contributed by atoms with Crippen molar-refractivity contribution < 1.29 is 14.6 Å². The molecule has 2 N–H and O–H groups in total. The number of likely N-dealkylation sites (tertiary alicyclic amines) is 1. The zero-order valence-corrected chi connectivity index (χ0v) is 20.7. The van der Waals surface area contributed by atoms with Gasteiger partial charge in [0.1, 0.15) is 19.0 Å². The minimum atomic E-state index is -1.20. The summed E-state index contributed by atoms with van der Waals surface area (Å²) in [6, 6.07) is 5.28. The van der Waals surface area contributed by atoms with Crippen molar-refractivity contribution in [3.8, 4) is 0 Å². The molecule has 1 fully saturated rings. The molecule has 1 aliphatic heterocycles. The topological polar surface area (TPSA) is 140 Å². The molecule has 0 aliphatic carbocycles. The van der Waals surface area contributed by atoms with Crippen LogP contribution in [0.25, 0.3) is 22.2 Å². The number of aryl methyl sites for hydroxylation is 2. The third-order valence-electron chi connectivity index (χ3n) is 7.01. The van der Waals surface area contributed by atoms with Crippen LogP contribution in [0, 0.1) is 6.92 Å². The maximum atomic E-state index is 13.0. The number of hydrogen-bond acceptors (Lipinski definition) is 7. The second kappa shape index (κ2) is 8.71. The molecule has 4 heterocycles. The van der Waals surface area contributed by atoms with Crippen LogP contribution in [0.4, 0.5) is 0 Å². The number of rotatable bonds is 5. The van der Waals surface area contributed by atoms with Crippen molar-refractivity contribution in [1.29, 1.82) is 0 Å². The van der Waals surface area contributed by atoms with E-state index in [1.54, 1.807) is 16.4 Å². The van der Waals surface area contributed by atoms with Crippen molar-refractivity contribution in [3.05, 3.63) is 56.8 Å². The first-order valence-corrected chi connectivity index (χ1v) is 11.7. The first-order valence-electron chi connectivity index (χ1n) is 11.7. The molecule has 0 spiro atoms. The smallest absolute Gasteiger partial charge is 0.332 e. The van der Waals surface area contributed by atoms with Gasteiger partial charge in [-0.1, -0.05) is 6.07 Å². The standard InChI is InChI=1S/C24H29N7O5/c1-14-5-6-15-16(9-14)27-18(26-15)11-36-12-19(32)30-8-7-24(2,35)17(10-30)31-13-25-21-20(31)22(33)29(4)23(34)28(21)3/h5-6,9,13,17,35H,7-8,10-12H2,1-4H3,(H,26,27)/t17-,24-/m0/s1. The lowest BCUT2D eigenvalue weighted by Crippen LogP contribution is -2.53. The predicted molar refractivity (Wildman–Crippen MR) is 132 cm³/mol. The maximum absolute atomic E-state index is 13.0. The fraction of sp³-hybridized carbons (Fsp3) is 0.458. The van der Waals surface area contributed by atoms with Gasteiger partial charge in [-0.15, -0.1) is 0 Å². The molecule has 12 nitrogen and oxygen atoms in total. The number of carbonyl (C=O) groups excluding carboxylic acids is 1. The van der Waals surface area contributed by atoms with Crippen LogP contribution in [-0.4, -0.2) is 69.9 Å². The summed E-state index contributed by atoms with van der Waals surface area (Å²) in [6.07, 6.45) is 1.75. The first kappa shape index (κ1) is 23.9. The van der Waals surface area contributed by atoms with Gasteiger partial charge in [0.15, 0.2) is 11.2 Å². The summed E-state index contributed by atoms with van der Waals surface area (Å²) < 4.78 is 9.53. The Balaban J connectivity index is 1.32. The number of aliphatic hydroxyl groups is 1. The van der Waals surface area contributed by atoms with E-state index in [0.29, 0.717) is 18.8 Å². The molecule has 5 rings (SSSR count). The van der Waals surface area contributed by atoms with Crippen LogP contribution in [0.15, 0.2) is 34.1 Å². The van der Waals surface area contributed by atoms with Crippen LogP contribution < -0.4 is 11.2 Å². The number of H-pyrrole nitrogens is 1. The first-order chi connectivity index (χ1) is 17.1. The van der Waals surface area contributed by atoms with Crippen molar-refractivity contribution in [1.82, 2.24) is 33.6 Å². The van der Waals surface area contributed by atoms with Crippen LogP contribution in [0.5, 0.6) is 0 Å². The highest BCUT2D eigenvalue weighted by atomic mass is 16.5. The van der Waals surface area contributed by atoms with E-state index in [0.717, 1.165) is 21.2 Å². The Morgan fingerprint density at radius 1 is 1.28 bits per heavy atom.